The molecule has 3 aliphatic carbocycles. The van der Waals surface area contributed by atoms with E-state index >= 15 is 0 Å². The molecule has 0 radical (unpaired) electrons. The number of nitrogens with zero attached hydrogens (tertiary/aromatic N) is 2. The van der Waals surface area contributed by atoms with Gasteiger partial charge in [-0.3, -0.25) is 0 Å². The van der Waals surface area contributed by atoms with Crippen molar-refractivity contribution in [1.29, 1.82) is 0 Å². The van der Waals surface area contributed by atoms with Gasteiger partial charge in [-0.05, 0) is 90.0 Å². The van der Waals surface area contributed by atoms with E-state index in [1.807, 2.05) is 12.1 Å². The van der Waals surface area contributed by atoms with Gasteiger partial charge in [0.2, 0.25) is 0 Å². The molecule has 0 saturated heterocycles. The highest BCUT2D eigenvalue weighted by atomic mass is 14.9. The molecule has 0 bridgehead atoms. The number of hydrogen-bond donors (Lipinski definition) is 0. The Hall–Kier alpha value is -7.94. The van der Waals surface area contributed by atoms with Crippen molar-refractivity contribution in [3.8, 4) is 67.3 Å². The number of hydrogen-bond acceptors (Lipinski definition) is 2. The van der Waals surface area contributed by atoms with Crippen molar-refractivity contribution in [2.24, 2.45) is 0 Å². The van der Waals surface area contributed by atoms with Gasteiger partial charge in [-0.1, -0.05) is 218 Å². The molecule has 0 aliphatic heterocycles. The lowest BCUT2D eigenvalue weighted by Gasteiger charge is -2.49. The Bertz CT molecular complexity index is 3250. The van der Waals surface area contributed by atoms with Gasteiger partial charge in [0.15, 0.2) is 5.82 Å². The summed E-state index contributed by atoms with van der Waals surface area (Å²) in [7, 11) is 0. The molecule has 3 aliphatic rings. The van der Waals surface area contributed by atoms with Crippen LogP contribution in [0.25, 0.3) is 67.3 Å². The highest BCUT2D eigenvalue weighted by Gasteiger charge is 2.58. The van der Waals surface area contributed by atoms with Crippen LogP contribution in [0.15, 0.2) is 231 Å². The van der Waals surface area contributed by atoms with E-state index in [0.29, 0.717) is 5.82 Å². The first kappa shape index (κ1) is 34.9. The van der Waals surface area contributed by atoms with Crippen LogP contribution in [0.5, 0.6) is 0 Å². The molecule has 13 rings (SSSR count). The zero-order chi connectivity index (χ0) is 40.8. The van der Waals surface area contributed by atoms with Crippen LogP contribution in [0, 0.1) is 0 Å². The maximum atomic E-state index is 5.14. The van der Waals surface area contributed by atoms with Gasteiger partial charge in [0.05, 0.1) is 22.2 Å². The Morgan fingerprint density at radius 3 is 1.02 bits per heavy atom. The topological polar surface area (TPSA) is 25.8 Å². The average molecular weight is 787 g/mol. The van der Waals surface area contributed by atoms with Gasteiger partial charge in [-0.2, -0.15) is 0 Å². The smallest absolute Gasteiger partial charge is 0.160 e. The third-order valence-corrected chi connectivity index (χ3v) is 13.8. The summed E-state index contributed by atoms with van der Waals surface area (Å²) in [6.07, 6.45) is 0. The molecule has 288 valence electrons. The quantitative estimate of drug-likeness (QED) is 0.178. The minimum Gasteiger partial charge on any atom is -0.228 e. The molecule has 2 nitrogen and oxygen atoms in total. The summed E-state index contributed by atoms with van der Waals surface area (Å²) in [5.74, 6) is 0.706. The Kier molecular flexibility index (Phi) is 7.47. The van der Waals surface area contributed by atoms with Gasteiger partial charge in [-0.25, -0.2) is 9.97 Å². The zero-order valence-corrected chi connectivity index (χ0v) is 33.8. The zero-order valence-electron chi connectivity index (χ0n) is 33.8. The van der Waals surface area contributed by atoms with E-state index < -0.39 is 10.8 Å². The molecule has 0 atom stereocenters. The summed E-state index contributed by atoms with van der Waals surface area (Å²) in [4.78, 5) is 10.3. The van der Waals surface area contributed by atoms with Gasteiger partial charge in [-0.15, -0.1) is 0 Å². The SMILES string of the molecule is c1ccc(-c2cc(-c3ccccc3)nc(-c3ccc(-c4ccc5c(c4)C4(c6ccccc6-c6ccccc64)c4ccccc4C54c5ccccc5-c5ccccc54)cc3)n2)cc1. The second-order valence-electron chi connectivity index (χ2n) is 16.8. The maximum absolute atomic E-state index is 5.14. The second-order valence-corrected chi connectivity index (χ2v) is 16.8. The third-order valence-electron chi connectivity index (χ3n) is 13.8. The highest BCUT2D eigenvalue weighted by Crippen LogP contribution is 2.67. The van der Waals surface area contributed by atoms with Crippen molar-refractivity contribution in [2.75, 3.05) is 0 Å². The van der Waals surface area contributed by atoms with Gasteiger partial charge in [0, 0.05) is 16.7 Å². The van der Waals surface area contributed by atoms with Gasteiger partial charge < -0.3 is 0 Å². The van der Waals surface area contributed by atoms with Crippen LogP contribution in [0.3, 0.4) is 0 Å². The monoisotopic (exact) mass is 786 g/mol. The number of aromatic nitrogens is 2. The molecule has 0 amide bonds. The second kappa shape index (κ2) is 13.3. The van der Waals surface area contributed by atoms with E-state index in [9.17, 15) is 0 Å². The fourth-order valence-electron chi connectivity index (χ4n) is 11.3. The molecule has 9 aromatic carbocycles. The van der Waals surface area contributed by atoms with Crippen molar-refractivity contribution in [2.45, 2.75) is 10.8 Å². The molecular weight excluding hydrogens is 749 g/mol. The maximum Gasteiger partial charge on any atom is 0.160 e. The lowest BCUT2D eigenvalue weighted by Crippen LogP contribution is -2.43. The molecule has 0 unspecified atom stereocenters. The van der Waals surface area contributed by atoms with Gasteiger partial charge in [0.1, 0.15) is 0 Å². The summed E-state index contributed by atoms with van der Waals surface area (Å²) in [6.45, 7) is 0. The molecule has 0 fully saturated rings. The standard InChI is InChI=1S/C60H38N2/c1-3-17-40(18-4-1)56-38-57(41-19-5-2-6-20-41)62-58(61-56)42-33-31-39(32-34-42)43-35-36-54-55(37-43)60(50-27-13-9-23-46(50)47-24-10-14-28-51(47)60)53-30-16-15-29-52(53)59(54)48-25-11-7-21-44(48)45-22-8-12-26-49(45)59/h1-38H. The number of fused-ring (bicyclic) bond motifs is 16. The molecule has 10 aromatic rings. The van der Waals surface area contributed by atoms with Crippen LogP contribution >= 0.6 is 0 Å². The van der Waals surface area contributed by atoms with Crippen molar-refractivity contribution in [3.63, 3.8) is 0 Å². The third kappa shape index (κ3) is 4.69. The largest absolute Gasteiger partial charge is 0.228 e. The van der Waals surface area contributed by atoms with E-state index in [0.717, 1.165) is 33.6 Å². The van der Waals surface area contributed by atoms with Crippen LogP contribution < -0.4 is 0 Å². The summed E-state index contributed by atoms with van der Waals surface area (Å²) >= 11 is 0. The van der Waals surface area contributed by atoms with E-state index in [1.165, 1.54) is 72.3 Å². The van der Waals surface area contributed by atoms with E-state index in [4.69, 9.17) is 9.97 Å². The van der Waals surface area contributed by atoms with Gasteiger partial charge in [0.25, 0.3) is 0 Å². The minimum absolute atomic E-state index is 0.503. The van der Waals surface area contributed by atoms with Crippen molar-refractivity contribution in [1.82, 2.24) is 9.97 Å². The van der Waals surface area contributed by atoms with Crippen LogP contribution in [0.2, 0.25) is 0 Å². The first-order chi connectivity index (χ1) is 30.7. The van der Waals surface area contributed by atoms with Crippen molar-refractivity contribution >= 4 is 0 Å². The average Bonchev–Trinajstić information content (AvgIpc) is 3.82. The van der Waals surface area contributed by atoms with Crippen LogP contribution in [-0.2, 0) is 10.8 Å². The molecule has 0 saturated carbocycles. The first-order valence-corrected chi connectivity index (χ1v) is 21.5. The van der Waals surface area contributed by atoms with Crippen molar-refractivity contribution < 1.29 is 0 Å². The molecule has 1 aromatic heterocycles. The predicted molar refractivity (Wildman–Crippen MR) is 252 cm³/mol. The lowest BCUT2D eigenvalue weighted by molar-refractivity contribution is 0.633. The normalized spacial score (nSPS) is 14.1. The highest BCUT2D eigenvalue weighted by molar-refractivity contribution is 5.94. The van der Waals surface area contributed by atoms with E-state index in [-0.39, 0.29) is 0 Å². The Morgan fingerprint density at radius 2 is 0.565 bits per heavy atom. The lowest BCUT2D eigenvalue weighted by atomic mass is 9.52. The molecule has 2 spiro atoms. The fraction of sp³-hybridized carbons (Fsp3) is 0.0333. The summed E-state index contributed by atoms with van der Waals surface area (Å²) < 4.78 is 0. The van der Waals surface area contributed by atoms with E-state index in [2.05, 4.69) is 218 Å². The summed E-state index contributed by atoms with van der Waals surface area (Å²) in [5.41, 5.74) is 22.1. The predicted octanol–water partition coefficient (Wildman–Crippen LogP) is 14.2. The Morgan fingerprint density at radius 1 is 0.226 bits per heavy atom. The molecular formula is C60H38N2. The van der Waals surface area contributed by atoms with Crippen LogP contribution in [0.4, 0.5) is 0 Å². The molecule has 62 heavy (non-hydrogen) atoms. The molecule has 1 heterocycles. The Balaban J connectivity index is 1.05. The van der Waals surface area contributed by atoms with Crippen LogP contribution in [0.1, 0.15) is 44.5 Å². The number of benzene rings is 9. The van der Waals surface area contributed by atoms with Crippen LogP contribution in [-0.4, -0.2) is 9.97 Å². The minimum atomic E-state index is -0.535. The fourth-order valence-corrected chi connectivity index (χ4v) is 11.3. The van der Waals surface area contributed by atoms with Gasteiger partial charge >= 0.3 is 0 Å². The Labute approximate surface area is 361 Å². The molecule has 0 N–H and O–H groups in total. The summed E-state index contributed by atoms with van der Waals surface area (Å²) in [5, 5.41) is 0. The number of rotatable bonds is 4. The summed E-state index contributed by atoms with van der Waals surface area (Å²) in [6, 6.07) is 84.7. The van der Waals surface area contributed by atoms with Crippen molar-refractivity contribution in [3.05, 3.63) is 275 Å². The molecule has 2 heteroatoms. The first-order valence-electron chi connectivity index (χ1n) is 21.5. The van der Waals surface area contributed by atoms with E-state index in [1.54, 1.807) is 0 Å².